The number of rotatable bonds is 3. The lowest BCUT2D eigenvalue weighted by molar-refractivity contribution is 0.0962. The number of hydrogen-bond acceptors (Lipinski definition) is 3. The monoisotopic (exact) mass is 386 g/mol. The van der Waals surface area contributed by atoms with Crippen molar-refractivity contribution in [3.8, 4) is 0 Å². The average Bonchev–Trinajstić information content (AvgIpc) is 3.35. The number of furan rings is 1. The van der Waals surface area contributed by atoms with Gasteiger partial charge < -0.3 is 14.6 Å². The van der Waals surface area contributed by atoms with E-state index in [-0.39, 0.29) is 17.4 Å². The molecule has 1 aliphatic rings. The number of nitrogens with zero attached hydrogens (tertiary/aromatic N) is 1. The van der Waals surface area contributed by atoms with Crippen LogP contribution in [0, 0.1) is 17.5 Å². The summed E-state index contributed by atoms with van der Waals surface area (Å²) in [5, 5.41) is 2.44. The van der Waals surface area contributed by atoms with Crippen LogP contribution in [0.3, 0.4) is 0 Å². The Labute approximate surface area is 157 Å². The van der Waals surface area contributed by atoms with Gasteiger partial charge in [0, 0.05) is 17.9 Å². The second-order valence-electron chi connectivity index (χ2n) is 6.20. The van der Waals surface area contributed by atoms with E-state index in [0.717, 1.165) is 11.6 Å². The van der Waals surface area contributed by atoms with Gasteiger partial charge in [0.1, 0.15) is 0 Å². The summed E-state index contributed by atoms with van der Waals surface area (Å²) in [4.78, 5) is 26.3. The molecule has 2 aromatic carbocycles. The van der Waals surface area contributed by atoms with Crippen LogP contribution in [0.4, 0.5) is 24.5 Å². The number of fused-ring (bicyclic) bond motifs is 1. The van der Waals surface area contributed by atoms with Gasteiger partial charge in [0.05, 0.1) is 11.8 Å². The van der Waals surface area contributed by atoms with E-state index >= 15 is 0 Å². The molecule has 2 heterocycles. The Morgan fingerprint density at radius 2 is 1.86 bits per heavy atom. The summed E-state index contributed by atoms with van der Waals surface area (Å²) in [6, 6.07) is 9.61. The van der Waals surface area contributed by atoms with Gasteiger partial charge in [0.15, 0.2) is 23.2 Å². The van der Waals surface area contributed by atoms with Crippen molar-refractivity contribution in [2.24, 2.45) is 0 Å². The van der Waals surface area contributed by atoms with Gasteiger partial charge in [-0.05, 0) is 48.4 Å². The highest BCUT2D eigenvalue weighted by Crippen LogP contribution is 2.32. The highest BCUT2D eigenvalue weighted by Gasteiger charge is 2.27. The molecular formula is C20H13F3N2O3. The SMILES string of the molecule is O=C(Nc1ccc2c(c1)N(C(=O)c1ccco1)CC2)c1ccc(F)c(F)c1F. The quantitative estimate of drug-likeness (QED) is 0.688. The van der Waals surface area contributed by atoms with Gasteiger partial charge in [-0.2, -0.15) is 0 Å². The van der Waals surface area contributed by atoms with Crippen LogP contribution in [0.1, 0.15) is 26.5 Å². The molecule has 0 radical (unpaired) electrons. The summed E-state index contributed by atoms with van der Waals surface area (Å²) < 4.78 is 45.4. The molecule has 1 aliphatic heterocycles. The van der Waals surface area contributed by atoms with E-state index in [0.29, 0.717) is 24.7 Å². The van der Waals surface area contributed by atoms with Crippen LogP contribution >= 0.6 is 0 Å². The zero-order valence-electron chi connectivity index (χ0n) is 14.3. The summed E-state index contributed by atoms with van der Waals surface area (Å²) in [6.45, 7) is 0.448. The summed E-state index contributed by atoms with van der Waals surface area (Å²) in [7, 11) is 0. The number of hydrogen-bond donors (Lipinski definition) is 1. The first kappa shape index (κ1) is 17.8. The molecule has 2 amide bonds. The van der Waals surface area contributed by atoms with Crippen molar-refractivity contribution in [1.82, 2.24) is 0 Å². The smallest absolute Gasteiger partial charge is 0.293 e. The molecule has 0 unspecified atom stereocenters. The predicted molar refractivity (Wildman–Crippen MR) is 94.8 cm³/mol. The first-order valence-corrected chi connectivity index (χ1v) is 8.39. The van der Waals surface area contributed by atoms with Crippen molar-refractivity contribution < 1.29 is 27.2 Å². The Morgan fingerprint density at radius 3 is 2.61 bits per heavy atom. The molecule has 1 N–H and O–H groups in total. The van der Waals surface area contributed by atoms with Crippen molar-refractivity contribution in [1.29, 1.82) is 0 Å². The third-order valence-corrected chi connectivity index (χ3v) is 4.50. The first-order chi connectivity index (χ1) is 13.5. The van der Waals surface area contributed by atoms with Crippen LogP contribution in [-0.4, -0.2) is 18.4 Å². The number of halogens is 3. The average molecular weight is 386 g/mol. The minimum absolute atomic E-state index is 0.186. The number of benzene rings is 2. The van der Waals surface area contributed by atoms with Gasteiger partial charge in [0.2, 0.25) is 0 Å². The molecule has 0 atom stereocenters. The Hall–Kier alpha value is -3.55. The molecular weight excluding hydrogens is 373 g/mol. The lowest BCUT2D eigenvalue weighted by atomic mass is 10.1. The number of carbonyl (C=O) groups is 2. The van der Waals surface area contributed by atoms with E-state index in [1.54, 1.807) is 30.3 Å². The van der Waals surface area contributed by atoms with Crippen LogP contribution in [0.2, 0.25) is 0 Å². The second-order valence-corrected chi connectivity index (χ2v) is 6.20. The van der Waals surface area contributed by atoms with Gasteiger partial charge in [0.25, 0.3) is 11.8 Å². The molecule has 0 aliphatic carbocycles. The normalized spacial score (nSPS) is 12.8. The highest BCUT2D eigenvalue weighted by molar-refractivity contribution is 6.07. The molecule has 0 fully saturated rings. The van der Waals surface area contributed by atoms with E-state index in [4.69, 9.17) is 4.42 Å². The molecule has 28 heavy (non-hydrogen) atoms. The fraction of sp³-hybridized carbons (Fsp3) is 0.100. The maximum absolute atomic E-state index is 13.8. The Balaban J connectivity index is 1.60. The van der Waals surface area contributed by atoms with Crippen LogP contribution in [0.5, 0.6) is 0 Å². The third-order valence-electron chi connectivity index (χ3n) is 4.50. The largest absolute Gasteiger partial charge is 0.459 e. The van der Waals surface area contributed by atoms with Crippen LogP contribution in [0.25, 0.3) is 0 Å². The number of anilines is 2. The summed E-state index contributed by atoms with van der Waals surface area (Å²) >= 11 is 0. The van der Waals surface area contributed by atoms with E-state index in [1.165, 1.54) is 11.2 Å². The minimum atomic E-state index is -1.71. The molecule has 5 nitrogen and oxygen atoms in total. The van der Waals surface area contributed by atoms with Crippen molar-refractivity contribution in [2.45, 2.75) is 6.42 Å². The molecule has 1 aromatic heterocycles. The van der Waals surface area contributed by atoms with Crippen LogP contribution in [0.15, 0.2) is 53.1 Å². The van der Waals surface area contributed by atoms with Crippen LogP contribution < -0.4 is 10.2 Å². The summed E-state index contributed by atoms with van der Waals surface area (Å²) in [5.41, 5.74) is 1.15. The lowest BCUT2D eigenvalue weighted by Gasteiger charge is -2.17. The Kier molecular flexibility index (Phi) is 4.38. The summed E-state index contributed by atoms with van der Waals surface area (Å²) in [6.07, 6.45) is 2.03. The first-order valence-electron chi connectivity index (χ1n) is 8.39. The topological polar surface area (TPSA) is 62.6 Å². The standard InChI is InChI=1S/C20H13F3N2O3/c21-14-6-5-13(17(22)18(14)23)19(26)24-12-4-3-11-7-8-25(15(11)10-12)20(27)16-2-1-9-28-16/h1-6,9-10H,7-8H2,(H,24,26). The van der Waals surface area contributed by atoms with E-state index < -0.39 is 28.9 Å². The number of amides is 2. The third kappa shape index (κ3) is 3.02. The van der Waals surface area contributed by atoms with Crippen molar-refractivity contribution in [3.63, 3.8) is 0 Å². The molecule has 0 bridgehead atoms. The maximum Gasteiger partial charge on any atom is 0.293 e. The second kappa shape index (κ2) is 6.88. The zero-order valence-corrected chi connectivity index (χ0v) is 14.3. The van der Waals surface area contributed by atoms with Crippen LogP contribution in [-0.2, 0) is 6.42 Å². The molecule has 0 saturated heterocycles. The minimum Gasteiger partial charge on any atom is -0.459 e. The zero-order chi connectivity index (χ0) is 19.8. The molecule has 0 saturated carbocycles. The van der Waals surface area contributed by atoms with Gasteiger partial charge in [-0.3, -0.25) is 9.59 Å². The number of nitrogens with one attached hydrogen (secondary N) is 1. The van der Waals surface area contributed by atoms with Gasteiger partial charge >= 0.3 is 0 Å². The van der Waals surface area contributed by atoms with Gasteiger partial charge in [-0.15, -0.1) is 0 Å². The van der Waals surface area contributed by atoms with E-state index in [1.807, 2.05) is 0 Å². The molecule has 0 spiro atoms. The predicted octanol–water partition coefficient (Wildman–Crippen LogP) is 4.15. The van der Waals surface area contributed by atoms with Gasteiger partial charge in [-0.1, -0.05) is 6.07 Å². The maximum atomic E-state index is 13.8. The Bertz CT molecular complexity index is 1080. The highest BCUT2D eigenvalue weighted by atomic mass is 19.2. The molecule has 4 rings (SSSR count). The molecule has 8 heteroatoms. The summed E-state index contributed by atoms with van der Waals surface area (Å²) in [5.74, 6) is -5.72. The lowest BCUT2D eigenvalue weighted by Crippen LogP contribution is -2.28. The molecule has 142 valence electrons. The molecule has 3 aromatic rings. The van der Waals surface area contributed by atoms with Gasteiger partial charge in [-0.25, -0.2) is 13.2 Å². The fourth-order valence-electron chi connectivity index (χ4n) is 3.10. The van der Waals surface area contributed by atoms with Crippen molar-refractivity contribution >= 4 is 23.2 Å². The van der Waals surface area contributed by atoms with E-state index in [9.17, 15) is 22.8 Å². The fourth-order valence-corrected chi connectivity index (χ4v) is 3.10. The van der Waals surface area contributed by atoms with E-state index in [2.05, 4.69) is 5.32 Å². The van der Waals surface area contributed by atoms with Crippen molar-refractivity contribution in [3.05, 3.63) is 83.1 Å². The number of carbonyl (C=O) groups excluding carboxylic acids is 2. The Morgan fingerprint density at radius 1 is 1.04 bits per heavy atom. The van der Waals surface area contributed by atoms with Crippen molar-refractivity contribution in [2.75, 3.05) is 16.8 Å².